The first-order valence-corrected chi connectivity index (χ1v) is 7.25. The number of halogens is 10. The van der Waals surface area contributed by atoms with Crippen molar-refractivity contribution >= 4 is 23.5 Å². The molecule has 0 amide bonds. The van der Waals surface area contributed by atoms with Gasteiger partial charge in [0, 0.05) is 0 Å². The lowest BCUT2D eigenvalue weighted by Crippen LogP contribution is -2.52. The van der Waals surface area contributed by atoms with Crippen LogP contribution < -0.4 is 5.19 Å². The molecule has 0 fully saturated rings. The Bertz CT molecular complexity index is 483. The number of rotatable bonds is 3. The minimum absolute atomic E-state index is 2.33. The molecule has 108 valence electrons. The molecule has 1 aromatic carbocycles. The minimum atomic E-state index is -7.43. The second kappa shape index (κ2) is 4.79. The first kappa shape index (κ1) is 16.0. The van der Waals surface area contributed by atoms with Crippen molar-refractivity contribution in [2.24, 2.45) is 0 Å². The van der Waals surface area contributed by atoms with Crippen LogP contribution in [0.25, 0.3) is 0 Å². The van der Waals surface area contributed by atoms with Crippen LogP contribution in [-0.4, -0.2) is 18.3 Å². The van der Waals surface area contributed by atoms with Crippen molar-refractivity contribution in [1.82, 2.24) is 0 Å². The fraction of sp³-hybridized carbons (Fsp3) is 0. The van der Waals surface area contributed by atoms with Crippen LogP contribution in [-0.2, 0) is 4.12 Å². The van der Waals surface area contributed by atoms with Gasteiger partial charge in [0.05, 0.1) is 0 Å². The van der Waals surface area contributed by atoms with Gasteiger partial charge in [-0.25, -0.2) is 42.5 Å². The van der Waals surface area contributed by atoms with Crippen LogP contribution in [0.15, 0.2) is 0 Å². The Kier molecular flexibility index (Phi) is 4.02. The fourth-order valence-corrected chi connectivity index (χ4v) is 3.36. The van der Waals surface area contributed by atoms with E-state index in [1.807, 2.05) is 0 Å². The second-order valence-electron chi connectivity index (χ2n) is 3.01. The first-order chi connectivity index (χ1) is 8.38. The van der Waals surface area contributed by atoms with Gasteiger partial charge in [0.25, 0.3) is 0 Å². The zero-order valence-corrected chi connectivity index (χ0v) is 10.2. The van der Waals surface area contributed by atoms with Crippen LogP contribution in [0, 0.1) is 29.1 Å². The molecule has 0 atom stereocenters. The van der Waals surface area contributed by atoms with Gasteiger partial charge in [0.2, 0.25) is 5.82 Å². The molecular weight excluding hydrogens is 334 g/mol. The van der Waals surface area contributed by atoms with Gasteiger partial charge in [-0.15, -0.1) is 0 Å². The predicted octanol–water partition coefficient (Wildman–Crippen LogP) is 2.83. The molecule has 0 aliphatic rings. The summed E-state index contributed by atoms with van der Waals surface area (Å²) in [6.45, 7) is 0. The highest BCUT2D eigenvalue weighted by Gasteiger charge is 2.60. The monoisotopic (exact) mass is 334 g/mol. The van der Waals surface area contributed by atoms with E-state index in [0.29, 0.717) is 0 Å². The maximum absolute atomic E-state index is 13.0. The molecule has 0 saturated heterocycles. The highest BCUT2D eigenvalue weighted by molar-refractivity contribution is 6.80. The average molecular weight is 334 g/mol. The Morgan fingerprint density at radius 2 is 0.895 bits per heavy atom. The van der Waals surface area contributed by atoms with Crippen molar-refractivity contribution in [3.8, 4) is 0 Å². The summed E-state index contributed by atoms with van der Waals surface area (Å²) >= 11 is 0. The van der Waals surface area contributed by atoms with E-state index in [-0.39, 0.29) is 0 Å². The van der Waals surface area contributed by atoms with E-state index in [4.69, 9.17) is 0 Å². The molecule has 0 aliphatic carbocycles. The maximum atomic E-state index is 13.0. The zero-order chi connectivity index (χ0) is 15.2. The summed E-state index contributed by atoms with van der Waals surface area (Å²) in [6, 6.07) is 0. The van der Waals surface area contributed by atoms with Gasteiger partial charge in [-0.2, -0.15) is 0 Å². The lowest BCUT2D eigenvalue weighted by Gasteiger charge is -2.16. The molecule has 0 spiro atoms. The summed E-state index contributed by atoms with van der Waals surface area (Å²) in [5.74, 6) is -14.4. The largest absolute Gasteiger partial charge is 0.795 e. The third-order valence-electron chi connectivity index (χ3n) is 1.74. The smallest absolute Gasteiger partial charge is 0.329 e. The highest BCUT2D eigenvalue weighted by Crippen LogP contribution is 2.25. The van der Waals surface area contributed by atoms with E-state index in [9.17, 15) is 42.5 Å². The molecule has 13 heteroatoms. The topological polar surface area (TPSA) is 9.23 Å². The third-order valence-corrected chi connectivity index (χ3v) is 4.72. The maximum Gasteiger partial charge on any atom is 0.795 e. The summed E-state index contributed by atoms with van der Waals surface area (Å²) in [4.78, 5) is 0. The zero-order valence-electron chi connectivity index (χ0n) is 8.19. The standard InChI is InChI=1S/C6F10OSi2/c7-1-2(8)4(10)6(5(11)3(1)9)18(12,13)17-19(14,15)16. The van der Waals surface area contributed by atoms with Crippen molar-refractivity contribution in [3.05, 3.63) is 29.1 Å². The molecule has 0 aliphatic heterocycles. The summed E-state index contributed by atoms with van der Waals surface area (Å²) in [6.07, 6.45) is 0. The molecule has 0 saturated carbocycles. The molecule has 0 unspecified atom stereocenters. The molecule has 0 radical (unpaired) electrons. The number of benzene rings is 1. The summed E-state index contributed by atoms with van der Waals surface area (Å²) in [5, 5.41) is -2.85. The van der Waals surface area contributed by atoms with E-state index in [1.54, 1.807) is 0 Å². The summed E-state index contributed by atoms with van der Waals surface area (Å²) in [7, 11) is -14.8. The van der Waals surface area contributed by atoms with Gasteiger partial charge in [-0.3, -0.25) is 0 Å². The lowest BCUT2D eigenvalue weighted by atomic mass is 10.3. The van der Waals surface area contributed by atoms with Crippen molar-refractivity contribution in [2.75, 3.05) is 0 Å². The van der Waals surface area contributed by atoms with Crippen molar-refractivity contribution < 1.29 is 46.6 Å². The summed E-state index contributed by atoms with van der Waals surface area (Å²) in [5.41, 5.74) is 0. The molecule has 0 bridgehead atoms. The molecule has 0 N–H and O–H groups in total. The van der Waals surface area contributed by atoms with E-state index in [2.05, 4.69) is 4.12 Å². The number of hydrogen-bond acceptors (Lipinski definition) is 1. The third kappa shape index (κ3) is 3.09. The Labute approximate surface area is 100 Å². The predicted molar refractivity (Wildman–Crippen MR) is 44.0 cm³/mol. The van der Waals surface area contributed by atoms with E-state index < -0.39 is 52.6 Å². The van der Waals surface area contributed by atoms with Crippen molar-refractivity contribution in [1.29, 1.82) is 0 Å². The molecule has 1 nitrogen and oxygen atoms in total. The van der Waals surface area contributed by atoms with Gasteiger partial charge < -0.3 is 4.12 Å². The van der Waals surface area contributed by atoms with E-state index in [0.717, 1.165) is 0 Å². The van der Waals surface area contributed by atoms with Gasteiger partial charge in [0.1, 0.15) is 5.19 Å². The van der Waals surface area contributed by atoms with Crippen LogP contribution in [0.4, 0.5) is 42.5 Å². The fourth-order valence-electron chi connectivity index (χ4n) is 1.06. The Morgan fingerprint density at radius 3 is 1.21 bits per heavy atom. The Hall–Kier alpha value is -1.09. The van der Waals surface area contributed by atoms with Gasteiger partial charge in [-0.05, 0) is 0 Å². The molecule has 0 aromatic heterocycles. The molecule has 1 rings (SSSR count). The molecule has 19 heavy (non-hydrogen) atoms. The van der Waals surface area contributed by atoms with Gasteiger partial charge in [-0.1, -0.05) is 0 Å². The minimum Gasteiger partial charge on any atom is -0.329 e. The van der Waals surface area contributed by atoms with Crippen molar-refractivity contribution in [2.45, 2.75) is 0 Å². The SMILES string of the molecule is Fc1c(F)c(F)c([Si](F)(F)O[Si](F)(F)F)c(F)c1F. The molecule has 1 aromatic rings. The molecular formula is C6F10OSi2. The number of hydrogen-bond donors (Lipinski definition) is 0. The quantitative estimate of drug-likeness (QED) is 0.272. The average Bonchev–Trinajstić information content (AvgIpc) is 2.20. The van der Waals surface area contributed by atoms with Crippen LogP contribution in [0.1, 0.15) is 0 Å². The molecule has 0 heterocycles. The van der Waals surface area contributed by atoms with Crippen molar-refractivity contribution in [3.63, 3.8) is 0 Å². The van der Waals surface area contributed by atoms with Crippen LogP contribution in [0.5, 0.6) is 0 Å². The van der Waals surface area contributed by atoms with Crippen LogP contribution >= 0.6 is 0 Å². The Balaban J connectivity index is 3.51. The Morgan fingerprint density at radius 1 is 0.579 bits per heavy atom. The van der Waals surface area contributed by atoms with Gasteiger partial charge >= 0.3 is 18.3 Å². The van der Waals surface area contributed by atoms with Gasteiger partial charge in [0.15, 0.2) is 23.3 Å². The normalized spacial score (nSPS) is 12.9. The second-order valence-corrected chi connectivity index (χ2v) is 6.25. The highest BCUT2D eigenvalue weighted by atomic mass is 28.5. The van der Waals surface area contributed by atoms with E-state index in [1.165, 1.54) is 0 Å². The lowest BCUT2D eigenvalue weighted by molar-refractivity contribution is 0.246. The summed E-state index contributed by atoms with van der Waals surface area (Å²) < 4.78 is 127. The van der Waals surface area contributed by atoms with E-state index >= 15 is 0 Å². The van der Waals surface area contributed by atoms with Crippen LogP contribution in [0.3, 0.4) is 0 Å². The first-order valence-electron chi connectivity index (χ1n) is 4.05. The van der Waals surface area contributed by atoms with Crippen LogP contribution in [0.2, 0.25) is 0 Å².